The Balaban J connectivity index is 2.64. The second-order valence-corrected chi connectivity index (χ2v) is 4.74. The molecule has 1 aromatic rings. The maximum absolute atomic E-state index is 11.4. The van der Waals surface area contributed by atoms with Crippen molar-refractivity contribution < 1.29 is 9.53 Å². The van der Waals surface area contributed by atoms with E-state index in [1.807, 2.05) is 25.1 Å². The van der Waals surface area contributed by atoms with E-state index >= 15 is 0 Å². The molecule has 0 unspecified atom stereocenters. The lowest BCUT2D eigenvalue weighted by atomic mass is 10.0. The van der Waals surface area contributed by atoms with E-state index in [0.717, 1.165) is 5.69 Å². The van der Waals surface area contributed by atoms with Crippen molar-refractivity contribution in [1.82, 2.24) is 0 Å². The van der Waals surface area contributed by atoms with Gasteiger partial charge in [0.15, 0.2) is 0 Å². The quantitative estimate of drug-likeness (QED) is 0.626. The summed E-state index contributed by atoms with van der Waals surface area (Å²) in [6.45, 7) is 6.92. The number of rotatable bonds is 6. The molecule has 0 fully saturated rings. The first-order valence-electron chi connectivity index (χ1n) is 6.69. The molecule has 0 saturated heterocycles. The lowest BCUT2D eigenvalue weighted by Gasteiger charge is -2.09. The van der Waals surface area contributed by atoms with Gasteiger partial charge in [-0.25, -0.2) is 4.79 Å². The highest BCUT2D eigenvalue weighted by Gasteiger charge is 2.05. The molecule has 104 valence electrons. The van der Waals surface area contributed by atoms with Gasteiger partial charge < -0.3 is 10.1 Å². The molecule has 0 heterocycles. The fourth-order valence-electron chi connectivity index (χ4n) is 1.80. The van der Waals surface area contributed by atoms with Crippen molar-refractivity contribution in [3.63, 3.8) is 0 Å². The summed E-state index contributed by atoms with van der Waals surface area (Å²) in [5, 5.41) is 3.30. The summed E-state index contributed by atoms with van der Waals surface area (Å²) in [6.07, 6.45) is 2.56. The standard InChI is InChI=1S/C16H23NO2/c1-5-13(16(18)19-4)9-10-17-15-8-6-7-14(11-15)12(2)3/h6-9,11-12,17H,5,10H2,1-4H3/b13-9-. The number of benzene rings is 1. The van der Waals surface area contributed by atoms with Gasteiger partial charge in [0.25, 0.3) is 0 Å². The Morgan fingerprint density at radius 2 is 2.16 bits per heavy atom. The van der Waals surface area contributed by atoms with Crippen LogP contribution in [-0.4, -0.2) is 19.6 Å². The number of anilines is 1. The first kappa shape index (κ1) is 15.3. The molecule has 1 aromatic carbocycles. The predicted octanol–water partition coefficient (Wildman–Crippen LogP) is 3.73. The molecule has 0 aliphatic carbocycles. The molecule has 0 saturated carbocycles. The summed E-state index contributed by atoms with van der Waals surface area (Å²) < 4.78 is 4.72. The minimum atomic E-state index is -0.250. The van der Waals surface area contributed by atoms with Crippen LogP contribution in [0.4, 0.5) is 5.69 Å². The van der Waals surface area contributed by atoms with Crippen LogP contribution in [0.15, 0.2) is 35.9 Å². The van der Waals surface area contributed by atoms with E-state index in [1.54, 1.807) is 0 Å². The normalized spacial score (nSPS) is 11.5. The number of hydrogen-bond acceptors (Lipinski definition) is 3. The molecule has 0 amide bonds. The van der Waals surface area contributed by atoms with Crippen molar-refractivity contribution in [2.75, 3.05) is 19.0 Å². The second-order valence-electron chi connectivity index (χ2n) is 4.74. The van der Waals surface area contributed by atoms with E-state index in [2.05, 4.69) is 31.3 Å². The smallest absolute Gasteiger partial charge is 0.333 e. The van der Waals surface area contributed by atoms with Crippen molar-refractivity contribution in [3.05, 3.63) is 41.5 Å². The van der Waals surface area contributed by atoms with Gasteiger partial charge in [-0.2, -0.15) is 0 Å². The topological polar surface area (TPSA) is 38.3 Å². The Labute approximate surface area is 115 Å². The lowest BCUT2D eigenvalue weighted by Crippen LogP contribution is -2.07. The van der Waals surface area contributed by atoms with Gasteiger partial charge in [-0.1, -0.05) is 39.0 Å². The third kappa shape index (κ3) is 4.78. The molecule has 0 aromatic heterocycles. The van der Waals surface area contributed by atoms with Crippen LogP contribution >= 0.6 is 0 Å². The van der Waals surface area contributed by atoms with Crippen LogP contribution < -0.4 is 5.32 Å². The molecule has 0 bridgehead atoms. The van der Waals surface area contributed by atoms with E-state index in [0.29, 0.717) is 24.5 Å². The first-order chi connectivity index (χ1) is 9.08. The lowest BCUT2D eigenvalue weighted by molar-refractivity contribution is -0.136. The van der Waals surface area contributed by atoms with Crippen LogP contribution in [0.2, 0.25) is 0 Å². The second kappa shape index (κ2) is 7.62. The number of methoxy groups -OCH3 is 1. The van der Waals surface area contributed by atoms with Crippen LogP contribution in [0.3, 0.4) is 0 Å². The number of nitrogens with one attached hydrogen (secondary N) is 1. The van der Waals surface area contributed by atoms with Crippen molar-refractivity contribution >= 4 is 11.7 Å². The van der Waals surface area contributed by atoms with Gasteiger partial charge in [-0.05, 0) is 30.0 Å². The summed E-state index contributed by atoms with van der Waals surface area (Å²) >= 11 is 0. The Bertz CT molecular complexity index is 450. The number of esters is 1. The first-order valence-corrected chi connectivity index (χ1v) is 6.69. The third-order valence-corrected chi connectivity index (χ3v) is 3.04. The molecule has 1 N–H and O–H groups in total. The molecule has 0 spiro atoms. The molecular formula is C16H23NO2. The minimum Gasteiger partial charge on any atom is -0.466 e. The molecule has 0 aliphatic rings. The van der Waals surface area contributed by atoms with E-state index in [9.17, 15) is 4.79 Å². The van der Waals surface area contributed by atoms with Gasteiger partial charge in [0.05, 0.1) is 7.11 Å². The summed E-state index contributed by atoms with van der Waals surface area (Å²) in [6, 6.07) is 8.34. The SMILES string of the molecule is CC/C(=C/CNc1cccc(C(C)C)c1)C(=O)OC. The molecule has 0 radical (unpaired) electrons. The summed E-state index contributed by atoms with van der Waals surface area (Å²) in [5.41, 5.74) is 3.08. The molecule has 0 aliphatic heterocycles. The summed E-state index contributed by atoms with van der Waals surface area (Å²) in [4.78, 5) is 11.4. The van der Waals surface area contributed by atoms with Gasteiger partial charge >= 0.3 is 5.97 Å². The maximum atomic E-state index is 11.4. The number of carbonyl (C=O) groups is 1. The Hall–Kier alpha value is -1.77. The van der Waals surface area contributed by atoms with Crippen molar-refractivity contribution in [2.24, 2.45) is 0 Å². The molecular weight excluding hydrogens is 238 g/mol. The zero-order chi connectivity index (χ0) is 14.3. The average Bonchev–Trinajstić information content (AvgIpc) is 2.43. The number of hydrogen-bond donors (Lipinski definition) is 1. The third-order valence-electron chi connectivity index (χ3n) is 3.04. The van der Waals surface area contributed by atoms with Crippen LogP contribution in [0.1, 0.15) is 38.7 Å². The van der Waals surface area contributed by atoms with Crippen molar-refractivity contribution in [2.45, 2.75) is 33.1 Å². The van der Waals surface area contributed by atoms with Crippen LogP contribution in [0.25, 0.3) is 0 Å². The van der Waals surface area contributed by atoms with Gasteiger partial charge in [0.1, 0.15) is 0 Å². The van der Waals surface area contributed by atoms with Gasteiger partial charge in [0.2, 0.25) is 0 Å². The highest BCUT2D eigenvalue weighted by Crippen LogP contribution is 2.18. The molecule has 3 heteroatoms. The zero-order valence-electron chi connectivity index (χ0n) is 12.2. The summed E-state index contributed by atoms with van der Waals surface area (Å²) in [5.74, 6) is 0.263. The Morgan fingerprint density at radius 3 is 2.74 bits per heavy atom. The van der Waals surface area contributed by atoms with E-state index in [4.69, 9.17) is 4.74 Å². The van der Waals surface area contributed by atoms with Crippen LogP contribution in [-0.2, 0) is 9.53 Å². The summed E-state index contributed by atoms with van der Waals surface area (Å²) in [7, 11) is 1.41. The largest absolute Gasteiger partial charge is 0.466 e. The Kier molecular flexibility index (Phi) is 6.13. The highest BCUT2D eigenvalue weighted by atomic mass is 16.5. The monoisotopic (exact) mass is 261 g/mol. The molecule has 3 nitrogen and oxygen atoms in total. The molecule has 19 heavy (non-hydrogen) atoms. The average molecular weight is 261 g/mol. The molecule has 0 atom stereocenters. The minimum absolute atomic E-state index is 0.250. The highest BCUT2D eigenvalue weighted by molar-refractivity contribution is 5.88. The van der Waals surface area contributed by atoms with Crippen LogP contribution in [0, 0.1) is 0 Å². The van der Waals surface area contributed by atoms with E-state index in [1.165, 1.54) is 12.7 Å². The van der Waals surface area contributed by atoms with Gasteiger partial charge in [-0.3, -0.25) is 0 Å². The van der Waals surface area contributed by atoms with E-state index < -0.39 is 0 Å². The number of ether oxygens (including phenoxy) is 1. The van der Waals surface area contributed by atoms with Crippen molar-refractivity contribution in [1.29, 1.82) is 0 Å². The molecule has 1 rings (SSSR count). The fourth-order valence-corrected chi connectivity index (χ4v) is 1.80. The maximum Gasteiger partial charge on any atom is 0.333 e. The Morgan fingerprint density at radius 1 is 1.42 bits per heavy atom. The van der Waals surface area contributed by atoms with Crippen LogP contribution in [0.5, 0.6) is 0 Å². The zero-order valence-corrected chi connectivity index (χ0v) is 12.2. The van der Waals surface area contributed by atoms with E-state index in [-0.39, 0.29) is 5.97 Å². The fraction of sp³-hybridized carbons (Fsp3) is 0.438. The predicted molar refractivity (Wildman–Crippen MR) is 79.4 cm³/mol. The number of carbonyl (C=O) groups excluding carboxylic acids is 1. The van der Waals surface area contributed by atoms with Gasteiger partial charge in [0, 0.05) is 17.8 Å². The van der Waals surface area contributed by atoms with Gasteiger partial charge in [-0.15, -0.1) is 0 Å². The van der Waals surface area contributed by atoms with Crippen molar-refractivity contribution in [3.8, 4) is 0 Å².